The van der Waals surface area contributed by atoms with Crippen LogP contribution in [-0.2, 0) is 4.74 Å². The average Bonchev–Trinajstić information content (AvgIpc) is 2.66. The molecular weight excluding hydrogens is 466 g/mol. The number of carbonyl (C=O) groups is 1. The fraction of sp³-hybridized carbons (Fsp3) is 0.269. The normalized spacial score (nSPS) is 11.4. The molecule has 1 N–H and O–H groups in total. The van der Waals surface area contributed by atoms with Crippen molar-refractivity contribution in [2.45, 2.75) is 41.5 Å². The fourth-order valence-electron chi connectivity index (χ4n) is 4.76. The zero-order valence-corrected chi connectivity index (χ0v) is 22.2. The van der Waals surface area contributed by atoms with E-state index in [1.807, 2.05) is 18.2 Å². The van der Waals surface area contributed by atoms with Crippen LogP contribution in [0.4, 0.5) is 5.69 Å². The first-order chi connectivity index (χ1) is 14.6. The topological polar surface area (TPSA) is 38.3 Å². The van der Waals surface area contributed by atoms with Gasteiger partial charge in [0.2, 0.25) is 0 Å². The first-order valence-electron chi connectivity index (χ1n) is 10.4. The minimum atomic E-state index is -3.73. The van der Waals surface area contributed by atoms with Crippen LogP contribution in [0.2, 0.25) is 0 Å². The van der Waals surface area contributed by atoms with Crippen molar-refractivity contribution in [3.63, 3.8) is 0 Å². The van der Waals surface area contributed by atoms with Crippen molar-refractivity contribution in [3.05, 3.63) is 87.5 Å². The number of nitrogens with one attached hydrogen (secondary N) is 1. The average molecular weight is 497 g/mol. The van der Waals surface area contributed by atoms with E-state index in [1.54, 1.807) is 6.07 Å². The molecule has 0 aromatic heterocycles. The molecule has 0 aliphatic heterocycles. The molecule has 0 fully saturated rings. The van der Waals surface area contributed by atoms with E-state index in [9.17, 15) is 4.79 Å². The Bertz CT molecular complexity index is 1050. The Morgan fingerprint density at radius 1 is 0.806 bits per heavy atom. The van der Waals surface area contributed by atoms with Gasteiger partial charge in [-0.15, -0.1) is 0 Å². The van der Waals surface area contributed by atoms with Gasteiger partial charge < -0.3 is 0 Å². The number of hydrogen-bond donors (Lipinski definition) is 1. The SMILES string of the molecule is COC(=O)c1ccccc1[NH][Ge]([Cl])([c]1c(C)cc(C)cc1C)[c]1c(C)cc(C)cc1C. The Morgan fingerprint density at radius 2 is 1.23 bits per heavy atom. The Labute approximate surface area is 192 Å². The molecule has 0 atom stereocenters. The van der Waals surface area contributed by atoms with Gasteiger partial charge >= 0.3 is 193 Å². The number of para-hydroxylation sites is 1. The second-order valence-corrected chi connectivity index (χ2v) is 16.7. The zero-order chi connectivity index (χ0) is 22.9. The molecule has 0 aliphatic rings. The summed E-state index contributed by atoms with van der Waals surface area (Å²) in [6.07, 6.45) is 0. The van der Waals surface area contributed by atoms with E-state index in [4.69, 9.17) is 14.7 Å². The first kappa shape index (κ1) is 23.4. The molecule has 0 spiro atoms. The quantitative estimate of drug-likeness (QED) is 0.388. The second-order valence-electron chi connectivity index (χ2n) is 8.37. The third-order valence-corrected chi connectivity index (χ3v) is 15.6. The maximum atomic E-state index is 12.5. The van der Waals surface area contributed by atoms with E-state index in [0.29, 0.717) is 11.3 Å². The molecule has 31 heavy (non-hydrogen) atoms. The third kappa shape index (κ3) is 4.53. The maximum absolute atomic E-state index is 12.5. The predicted octanol–water partition coefficient (Wildman–Crippen LogP) is 5.23. The van der Waals surface area contributed by atoms with Crippen molar-refractivity contribution >= 4 is 43.0 Å². The Balaban J connectivity index is 2.34. The van der Waals surface area contributed by atoms with Crippen LogP contribution in [0.5, 0.6) is 0 Å². The number of benzene rings is 3. The number of methoxy groups -OCH3 is 1. The molecule has 162 valence electrons. The van der Waals surface area contributed by atoms with Crippen LogP contribution in [0.1, 0.15) is 43.7 Å². The summed E-state index contributed by atoms with van der Waals surface area (Å²) in [4.78, 5) is 12.5. The molecule has 5 heteroatoms. The number of aryl methyl sites for hydroxylation is 6. The number of halogens is 1. The Kier molecular flexibility index (Phi) is 6.87. The summed E-state index contributed by atoms with van der Waals surface area (Å²) < 4.78 is 11.1. The van der Waals surface area contributed by atoms with Gasteiger partial charge in [-0.1, -0.05) is 0 Å². The summed E-state index contributed by atoms with van der Waals surface area (Å²) >= 11 is -3.73. The van der Waals surface area contributed by atoms with Crippen LogP contribution in [0.3, 0.4) is 0 Å². The predicted molar refractivity (Wildman–Crippen MR) is 134 cm³/mol. The summed E-state index contributed by atoms with van der Waals surface area (Å²) in [5.74, 6) is -0.376. The van der Waals surface area contributed by atoms with Crippen molar-refractivity contribution in [3.8, 4) is 0 Å². The van der Waals surface area contributed by atoms with Gasteiger partial charge in [0.1, 0.15) is 0 Å². The van der Waals surface area contributed by atoms with Crippen LogP contribution in [-0.4, -0.2) is 25.6 Å². The van der Waals surface area contributed by atoms with Gasteiger partial charge in [0.15, 0.2) is 0 Å². The van der Waals surface area contributed by atoms with Crippen molar-refractivity contribution in [1.29, 1.82) is 0 Å². The van der Waals surface area contributed by atoms with Crippen molar-refractivity contribution in [2.75, 3.05) is 11.4 Å². The molecule has 3 nitrogen and oxygen atoms in total. The number of rotatable bonds is 5. The van der Waals surface area contributed by atoms with Gasteiger partial charge in [-0.3, -0.25) is 0 Å². The van der Waals surface area contributed by atoms with E-state index in [2.05, 4.69) is 70.1 Å². The molecule has 3 aromatic rings. The number of ether oxygens (including phenoxy) is 1. The van der Waals surface area contributed by atoms with E-state index >= 15 is 0 Å². The monoisotopic (exact) mass is 497 g/mol. The van der Waals surface area contributed by atoms with E-state index in [1.165, 1.54) is 49.3 Å². The molecular formula is C26H30ClGeNO2. The second kappa shape index (κ2) is 9.09. The van der Waals surface area contributed by atoms with Gasteiger partial charge in [-0.2, -0.15) is 0 Å². The van der Waals surface area contributed by atoms with Gasteiger partial charge in [0, 0.05) is 0 Å². The van der Waals surface area contributed by atoms with Gasteiger partial charge in [-0.25, -0.2) is 0 Å². The third-order valence-electron chi connectivity index (χ3n) is 5.68. The van der Waals surface area contributed by atoms with Crippen LogP contribution in [0.15, 0.2) is 48.5 Å². The van der Waals surface area contributed by atoms with Crippen molar-refractivity contribution < 1.29 is 9.53 Å². The summed E-state index contributed by atoms with van der Waals surface area (Å²) in [6.45, 7) is 12.7. The minimum absolute atomic E-state index is 0.376. The van der Waals surface area contributed by atoms with Gasteiger partial charge in [-0.05, 0) is 0 Å². The number of esters is 1. The Hall–Kier alpha value is -2.24. The molecule has 3 rings (SSSR count). The molecule has 0 bridgehead atoms. The summed E-state index contributed by atoms with van der Waals surface area (Å²) in [6, 6.07) is 16.2. The summed E-state index contributed by atoms with van der Waals surface area (Å²) in [7, 11) is 9.19. The number of hydrogen-bond acceptors (Lipinski definition) is 3. The summed E-state index contributed by atoms with van der Waals surface area (Å²) in [5.41, 5.74) is 8.34. The van der Waals surface area contributed by atoms with Gasteiger partial charge in [0.05, 0.1) is 0 Å². The first-order valence-corrected chi connectivity index (χ1v) is 16.3. The number of carbonyl (C=O) groups excluding carboxylic acids is 1. The molecule has 0 saturated heterocycles. The van der Waals surface area contributed by atoms with E-state index < -0.39 is 12.6 Å². The van der Waals surface area contributed by atoms with Crippen molar-refractivity contribution in [1.82, 2.24) is 0 Å². The standard InChI is InChI=1S/C26H30ClGeNO2/c1-16-12-18(3)24(19(4)13-16)28(27,25-20(5)14-17(2)15-21(25)6)29-23-11-9-8-10-22(23)26(30)31-7/h8-15,29H,1-7H3. The molecule has 0 saturated carbocycles. The van der Waals surface area contributed by atoms with Crippen molar-refractivity contribution in [2.24, 2.45) is 0 Å². The molecule has 0 amide bonds. The number of anilines is 1. The molecule has 0 aliphatic carbocycles. The molecule has 0 unspecified atom stereocenters. The van der Waals surface area contributed by atoms with Crippen LogP contribution in [0.25, 0.3) is 0 Å². The Morgan fingerprint density at radius 3 is 1.65 bits per heavy atom. The molecule has 3 aromatic carbocycles. The van der Waals surface area contributed by atoms with E-state index in [-0.39, 0.29) is 5.97 Å². The molecule has 0 heterocycles. The van der Waals surface area contributed by atoms with Crippen LogP contribution >= 0.6 is 10.0 Å². The van der Waals surface area contributed by atoms with E-state index in [0.717, 1.165) is 0 Å². The van der Waals surface area contributed by atoms with Crippen LogP contribution < -0.4 is 13.1 Å². The zero-order valence-electron chi connectivity index (χ0n) is 19.3. The van der Waals surface area contributed by atoms with Crippen LogP contribution in [0, 0.1) is 41.5 Å². The summed E-state index contributed by atoms with van der Waals surface area (Å²) in [5, 5.41) is 0. The van der Waals surface area contributed by atoms with Gasteiger partial charge in [0.25, 0.3) is 0 Å². The fourth-order valence-corrected chi connectivity index (χ4v) is 15.8. The molecule has 0 radical (unpaired) electrons.